The third-order valence-electron chi connectivity index (χ3n) is 5.61. The zero-order valence-corrected chi connectivity index (χ0v) is 13.2. The summed E-state index contributed by atoms with van der Waals surface area (Å²) in [5, 5.41) is 10.9. The largest absolute Gasteiger partial charge is 0.445 e. The highest BCUT2D eigenvalue weighted by molar-refractivity contribution is 5.69. The van der Waals surface area contributed by atoms with Crippen molar-refractivity contribution in [3.8, 4) is 0 Å². The smallest absolute Gasteiger partial charge is 0.410 e. The number of piperidine rings is 1. The molecule has 0 aliphatic carbocycles. The molecule has 2 unspecified atom stereocenters. The maximum absolute atomic E-state index is 12.5. The quantitative estimate of drug-likeness (QED) is 0.929. The van der Waals surface area contributed by atoms with Gasteiger partial charge in [0, 0.05) is 18.0 Å². The molecule has 0 spiro atoms. The van der Waals surface area contributed by atoms with E-state index in [9.17, 15) is 9.90 Å². The zero-order chi connectivity index (χ0) is 15.9. The average Bonchev–Trinajstić information content (AvgIpc) is 2.77. The van der Waals surface area contributed by atoms with Gasteiger partial charge in [-0.15, -0.1) is 0 Å². The molecule has 5 nitrogen and oxygen atoms in total. The van der Waals surface area contributed by atoms with E-state index < -0.39 is 5.60 Å². The van der Waals surface area contributed by atoms with Crippen molar-refractivity contribution in [3.05, 3.63) is 35.9 Å². The number of amides is 1. The molecular weight excluding hydrogens is 294 g/mol. The Morgan fingerprint density at radius 1 is 1.22 bits per heavy atom. The van der Waals surface area contributed by atoms with Crippen LogP contribution in [-0.4, -0.2) is 47.0 Å². The first-order valence-electron chi connectivity index (χ1n) is 8.45. The standard InChI is InChI=1S/C18H23NO4/c20-17(23-10-13-4-2-1-3-5-13)19-15-6-7-16(19)9-18(21,8-15)14-11-22-12-14/h1-5,14-16,21H,6-12H2. The van der Waals surface area contributed by atoms with Gasteiger partial charge in [-0.3, -0.25) is 0 Å². The molecule has 2 atom stereocenters. The number of hydrogen-bond donors (Lipinski definition) is 1. The Morgan fingerprint density at radius 2 is 1.87 bits per heavy atom. The van der Waals surface area contributed by atoms with Gasteiger partial charge in [-0.1, -0.05) is 30.3 Å². The summed E-state index contributed by atoms with van der Waals surface area (Å²) in [6, 6.07) is 9.93. The van der Waals surface area contributed by atoms with Crippen LogP contribution in [0.1, 0.15) is 31.2 Å². The van der Waals surface area contributed by atoms with Gasteiger partial charge >= 0.3 is 6.09 Å². The van der Waals surface area contributed by atoms with Crippen LogP contribution >= 0.6 is 0 Å². The van der Waals surface area contributed by atoms with Crippen LogP contribution in [0.15, 0.2) is 30.3 Å². The molecule has 124 valence electrons. The molecule has 3 fully saturated rings. The summed E-state index contributed by atoms with van der Waals surface area (Å²) >= 11 is 0. The minimum Gasteiger partial charge on any atom is -0.445 e. The van der Waals surface area contributed by atoms with Crippen LogP contribution in [0.3, 0.4) is 0 Å². The van der Waals surface area contributed by atoms with Crippen molar-refractivity contribution in [1.82, 2.24) is 4.90 Å². The van der Waals surface area contributed by atoms with Crippen molar-refractivity contribution in [2.24, 2.45) is 5.92 Å². The van der Waals surface area contributed by atoms with Crippen molar-refractivity contribution in [1.29, 1.82) is 0 Å². The Balaban J connectivity index is 1.39. The molecule has 0 saturated carbocycles. The Morgan fingerprint density at radius 3 is 2.43 bits per heavy atom. The summed E-state index contributed by atoms with van der Waals surface area (Å²) in [5.41, 5.74) is 0.327. The van der Waals surface area contributed by atoms with Crippen LogP contribution in [0.2, 0.25) is 0 Å². The van der Waals surface area contributed by atoms with Crippen molar-refractivity contribution in [3.63, 3.8) is 0 Å². The van der Waals surface area contributed by atoms with Crippen LogP contribution < -0.4 is 0 Å². The SMILES string of the molecule is O=C(OCc1ccccc1)N1C2CCC1CC(O)(C1COC1)C2. The lowest BCUT2D eigenvalue weighted by Gasteiger charge is -2.49. The fraction of sp³-hybridized carbons (Fsp3) is 0.611. The molecule has 3 heterocycles. The summed E-state index contributed by atoms with van der Waals surface area (Å²) in [6.07, 6.45) is 2.98. The first-order valence-corrected chi connectivity index (χ1v) is 8.45. The van der Waals surface area contributed by atoms with E-state index in [0.29, 0.717) is 32.7 Å². The first-order chi connectivity index (χ1) is 11.2. The molecule has 0 aromatic heterocycles. The molecule has 1 N–H and O–H groups in total. The summed E-state index contributed by atoms with van der Waals surface area (Å²) in [5.74, 6) is 0.230. The third kappa shape index (κ3) is 2.72. The summed E-state index contributed by atoms with van der Waals surface area (Å²) in [4.78, 5) is 14.4. The number of benzene rings is 1. The summed E-state index contributed by atoms with van der Waals surface area (Å²) in [6.45, 7) is 1.60. The zero-order valence-electron chi connectivity index (χ0n) is 13.2. The van der Waals surface area contributed by atoms with E-state index >= 15 is 0 Å². The topological polar surface area (TPSA) is 59.0 Å². The maximum atomic E-state index is 12.5. The number of fused-ring (bicyclic) bond motifs is 2. The molecule has 3 saturated heterocycles. The molecule has 4 rings (SSSR count). The number of carbonyl (C=O) groups excluding carboxylic acids is 1. The highest BCUT2D eigenvalue weighted by atomic mass is 16.6. The highest BCUT2D eigenvalue weighted by Gasteiger charge is 2.54. The van der Waals surface area contributed by atoms with E-state index in [0.717, 1.165) is 18.4 Å². The molecule has 3 aliphatic heterocycles. The van der Waals surface area contributed by atoms with Gasteiger partial charge in [-0.05, 0) is 31.2 Å². The number of rotatable bonds is 3. The predicted octanol–water partition coefficient (Wildman–Crippen LogP) is 2.33. The van der Waals surface area contributed by atoms with E-state index in [2.05, 4.69) is 0 Å². The Kier molecular flexibility index (Phi) is 3.77. The molecule has 1 aromatic rings. The molecule has 1 amide bonds. The van der Waals surface area contributed by atoms with Gasteiger partial charge in [0.15, 0.2) is 0 Å². The van der Waals surface area contributed by atoms with E-state index in [1.807, 2.05) is 35.2 Å². The molecule has 2 bridgehead atoms. The number of ether oxygens (including phenoxy) is 2. The number of hydrogen-bond acceptors (Lipinski definition) is 4. The first kappa shape index (κ1) is 15.0. The van der Waals surface area contributed by atoms with E-state index in [-0.39, 0.29) is 24.1 Å². The minimum atomic E-state index is -0.666. The molecule has 3 aliphatic rings. The van der Waals surface area contributed by atoms with E-state index in [1.165, 1.54) is 0 Å². The van der Waals surface area contributed by atoms with Crippen LogP contribution in [0, 0.1) is 5.92 Å². The highest BCUT2D eigenvalue weighted by Crippen LogP contribution is 2.45. The maximum Gasteiger partial charge on any atom is 0.410 e. The van der Waals surface area contributed by atoms with Gasteiger partial charge in [0.05, 0.1) is 18.8 Å². The lowest BCUT2D eigenvalue weighted by molar-refractivity contribution is -0.173. The Hall–Kier alpha value is -1.59. The number of carbonyl (C=O) groups is 1. The summed E-state index contributed by atoms with van der Waals surface area (Å²) < 4.78 is 10.7. The molecule has 23 heavy (non-hydrogen) atoms. The second-order valence-electron chi connectivity index (χ2n) is 7.08. The number of aliphatic hydroxyl groups is 1. The van der Waals surface area contributed by atoms with Crippen molar-refractivity contribution in [2.45, 2.75) is 50.0 Å². The van der Waals surface area contributed by atoms with Gasteiger partial charge in [-0.2, -0.15) is 0 Å². The van der Waals surface area contributed by atoms with E-state index in [1.54, 1.807) is 0 Å². The van der Waals surface area contributed by atoms with Crippen LogP contribution in [0.4, 0.5) is 4.79 Å². The van der Waals surface area contributed by atoms with Gasteiger partial charge < -0.3 is 19.5 Å². The van der Waals surface area contributed by atoms with E-state index in [4.69, 9.17) is 9.47 Å². The van der Waals surface area contributed by atoms with Gasteiger partial charge in [0.2, 0.25) is 0 Å². The predicted molar refractivity (Wildman–Crippen MR) is 83.8 cm³/mol. The second kappa shape index (κ2) is 5.80. The van der Waals surface area contributed by atoms with Crippen molar-refractivity contribution in [2.75, 3.05) is 13.2 Å². The molecular formula is C18H23NO4. The lowest BCUT2D eigenvalue weighted by Crippen LogP contribution is -2.59. The lowest BCUT2D eigenvalue weighted by atomic mass is 9.75. The third-order valence-corrected chi connectivity index (χ3v) is 5.61. The van der Waals surface area contributed by atoms with Gasteiger partial charge in [0.25, 0.3) is 0 Å². The normalized spacial score (nSPS) is 33.3. The van der Waals surface area contributed by atoms with Crippen LogP contribution in [-0.2, 0) is 16.1 Å². The Labute approximate surface area is 136 Å². The van der Waals surface area contributed by atoms with Crippen molar-refractivity contribution < 1.29 is 19.4 Å². The monoisotopic (exact) mass is 317 g/mol. The minimum absolute atomic E-state index is 0.0997. The van der Waals surface area contributed by atoms with Gasteiger partial charge in [-0.25, -0.2) is 4.79 Å². The molecule has 0 radical (unpaired) electrons. The van der Waals surface area contributed by atoms with Crippen LogP contribution in [0.25, 0.3) is 0 Å². The number of nitrogens with zero attached hydrogens (tertiary/aromatic N) is 1. The summed E-state index contributed by atoms with van der Waals surface area (Å²) in [7, 11) is 0. The van der Waals surface area contributed by atoms with Crippen molar-refractivity contribution >= 4 is 6.09 Å². The second-order valence-corrected chi connectivity index (χ2v) is 7.08. The molecule has 1 aromatic carbocycles. The average molecular weight is 317 g/mol. The molecule has 5 heteroatoms. The van der Waals surface area contributed by atoms with Crippen LogP contribution in [0.5, 0.6) is 0 Å². The Bertz CT molecular complexity index is 558. The fourth-order valence-electron chi connectivity index (χ4n) is 4.23. The fourth-order valence-corrected chi connectivity index (χ4v) is 4.23. The van der Waals surface area contributed by atoms with Gasteiger partial charge in [0.1, 0.15) is 6.61 Å².